The van der Waals surface area contributed by atoms with Crippen molar-refractivity contribution in [3.05, 3.63) is 98.0 Å². The number of allylic oxidation sites excluding steroid dienone is 4. The van der Waals surface area contributed by atoms with Crippen LogP contribution in [-0.2, 0) is 22.0 Å². The fourth-order valence-corrected chi connectivity index (χ4v) is 6.63. The van der Waals surface area contributed by atoms with Crippen molar-refractivity contribution >= 4 is 32.2 Å². The molecule has 3 heterocycles. The van der Waals surface area contributed by atoms with Gasteiger partial charge < -0.3 is 13.9 Å². The normalized spacial score (nSPS) is 18.1. The summed E-state index contributed by atoms with van der Waals surface area (Å²) in [5, 5.41) is 2.24. The summed E-state index contributed by atoms with van der Waals surface area (Å²) in [6, 6.07) is 14.1. The Hall–Kier alpha value is -3.02. The maximum Gasteiger partial charge on any atom is 1.00 e. The molecule has 1 aliphatic carbocycles. The minimum absolute atomic E-state index is 0. The second-order valence-electron chi connectivity index (χ2n) is 10.9. The molecule has 206 valence electrons. The molecule has 41 heavy (non-hydrogen) atoms. The molecule has 11 heteroatoms. The van der Waals surface area contributed by atoms with Crippen LogP contribution >= 0.6 is 0 Å². The molecule has 3 aliphatic heterocycles. The summed E-state index contributed by atoms with van der Waals surface area (Å²) in [7, 11) is -4.33. The second kappa shape index (κ2) is 11.0. The average molecular weight is 583 g/mol. The number of aromatic nitrogens is 2. The molecule has 0 bridgehead atoms. The smallest absolute Gasteiger partial charge is 0.748 e. The molecule has 0 atom stereocenters. The molecule has 0 spiro atoms. The molecule has 4 aliphatic rings. The van der Waals surface area contributed by atoms with Gasteiger partial charge in [0.05, 0.1) is 10.1 Å². The number of hydrogen-bond acceptors (Lipinski definition) is 7. The van der Waals surface area contributed by atoms with E-state index in [0.29, 0.717) is 17.9 Å². The minimum atomic E-state index is -4.33. The van der Waals surface area contributed by atoms with E-state index in [1.54, 1.807) is 6.07 Å². The van der Waals surface area contributed by atoms with Gasteiger partial charge in [-0.1, -0.05) is 50.3 Å². The summed E-state index contributed by atoms with van der Waals surface area (Å²) >= 11 is 0. The van der Waals surface area contributed by atoms with Crippen LogP contribution in [-0.4, -0.2) is 30.3 Å². The molecular weight excluding hydrogens is 553 g/mol. The minimum Gasteiger partial charge on any atom is -0.748 e. The van der Waals surface area contributed by atoms with Gasteiger partial charge in [-0.05, 0) is 71.4 Å². The molecule has 2 N–H and O–H groups in total. The van der Waals surface area contributed by atoms with E-state index in [-0.39, 0.29) is 41.9 Å². The number of aryl methyl sites for hydroxylation is 1. The Labute approximate surface area is 259 Å². The van der Waals surface area contributed by atoms with E-state index in [0.717, 1.165) is 58.1 Å². The predicted molar refractivity (Wildman–Crippen MR) is 151 cm³/mol. The fourth-order valence-electron chi connectivity index (χ4n) is 6.15. The Balaban J connectivity index is 0.00000337. The number of hydrogen-bond donors (Lipinski definition) is 1. The van der Waals surface area contributed by atoms with E-state index in [2.05, 4.69) is 53.0 Å². The first-order valence-corrected chi connectivity index (χ1v) is 14.9. The van der Waals surface area contributed by atoms with Gasteiger partial charge in [0.2, 0.25) is 0 Å². The molecular formula is C30H29N3NaO6S+. The van der Waals surface area contributed by atoms with Crippen LogP contribution in [0.2, 0.25) is 0 Å². The van der Waals surface area contributed by atoms with Crippen LogP contribution in [0.4, 0.5) is 5.69 Å². The molecule has 2 aromatic rings. The maximum absolute atomic E-state index is 12.3. The summed E-state index contributed by atoms with van der Waals surface area (Å²) in [5.41, 5.74) is 3.73. The summed E-state index contributed by atoms with van der Waals surface area (Å²) in [4.78, 5) is 31.1. The average Bonchev–Trinajstić information content (AvgIpc) is 3.11. The van der Waals surface area contributed by atoms with Crippen molar-refractivity contribution in [2.45, 2.75) is 44.9 Å². The Bertz CT molecular complexity index is 1920. The van der Waals surface area contributed by atoms with E-state index < -0.39 is 32.5 Å². The standard InChI is InChI=1S/C30H29N3O6S.Na/c1-30(2)24(14-12-19-8-5-9-20-17-22-27(34)31-29(35)32-28(22)39-26(19)20)33(15-6-16-40(36,37)38)23-13-11-18-7-3-4-10-21(18)25(23)30;/h3-4,7,10-14,17H,5-6,8-9,15-16H2,1-2H3,(H,31,34,35)(H,36,37,38);/q;+1/b19-12+,24-14+;. The van der Waals surface area contributed by atoms with Crippen molar-refractivity contribution in [2.75, 3.05) is 17.2 Å². The van der Waals surface area contributed by atoms with Gasteiger partial charge in [-0.3, -0.25) is 0 Å². The first-order valence-electron chi connectivity index (χ1n) is 13.3. The zero-order valence-corrected chi connectivity index (χ0v) is 26.1. The predicted octanol–water partition coefficient (Wildman–Crippen LogP) is 0.741. The van der Waals surface area contributed by atoms with Crippen LogP contribution in [0.15, 0.2) is 74.3 Å². The number of aromatic amines is 2. The summed E-state index contributed by atoms with van der Waals surface area (Å²) in [6.45, 7) is 4.67. The van der Waals surface area contributed by atoms with Crippen LogP contribution in [0.25, 0.3) is 27.8 Å². The first kappa shape index (κ1) is 29.5. The molecule has 0 aromatic heterocycles. The first-order chi connectivity index (χ1) is 19.0. The van der Waals surface area contributed by atoms with Gasteiger partial charge in [0.15, 0.2) is 0 Å². The fraction of sp³-hybridized carbons (Fsp3) is 0.300. The number of rotatable bonds is 5. The number of anilines is 1. The third kappa shape index (κ3) is 5.47. The molecule has 0 saturated carbocycles. The molecule has 0 amide bonds. The number of nitrogens with zero attached hydrogens (tertiary/aromatic N) is 1. The van der Waals surface area contributed by atoms with Gasteiger partial charge in [-0.15, -0.1) is 0 Å². The number of nitrogens with one attached hydrogen (secondary N) is 2. The molecule has 2 aromatic carbocycles. The third-order valence-corrected chi connectivity index (χ3v) is 8.70. The van der Waals surface area contributed by atoms with Gasteiger partial charge in [-0.2, -0.15) is 14.8 Å². The van der Waals surface area contributed by atoms with Crippen LogP contribution < -0.4 is 50.7 Å². The SMILES string of the molecule is CC1(C)/C(=C\C=C2/CCCc3cc4c(=O)[nH]c(=O)[nH+]c-4oc32)N(CCCS(=O)(=O)[O-])c2ccc3ccccc3c21.[Na+]. The van der Waals surface area contributed by atoms with Crippen LogP contribution in [0.5, 0.6) is 0 Å². The van der Waals surface area contributed by atoms with E-state index in [1.807, 2.05) is 24.3 Å². The van der Waals surface area contributed by atoms with Gasteiger partial charge in [0.1, 0.15) is 11.3 Å². The largest absolute Gasteiger partial charge is 1.00 e. The molecule has 0 saturated heterocycles. The van der Waals surface area contributed by atoms with Crippen LogP contribution in [0.1, 0.15) is 50.0 Å². The molecule has 0 fully saturated rings. The van der Waals surface area contributed by atoms with Gasteiger partial charge in [0, 0.05) is 29.1 Å². The Morgan fingerprint density at radius 3 is 2.68 bits per heavy atom. The summed E-state index contributed by atoms with van der Waals surface area (Å²) in [5.74, 6) is 0.339. The maximum atomic E-state index is 12.3. The van der Waals surface area contributed by atoms with E-state index >= 15 is 0 Å². The van der Waals surface area contributed by atoms with E-state index in [4.69, 9.17) is 4.42 Å². The molecule has 0 radical (unpaired) electrons. The van der Waals surface area contributed by atoms with Gasteiger partial charge in [-0.25, -0.2) is 13.2 Å². The van der Waals surface area contributed by atoms with Gasteiger partial charge in [0.25, 0.3) is 0 Å². The van der Waals surface area contributed by atoms with Crippen molar-refractivity contribution in [1.29, 1.82) is 0 Å². The Morgan fingerprint density at radius 2 is 1.90 bits per heavy atom. The quantitative estimate of drug-likeness (QED) is 0.271. The summed E-state index contributed by atoms with van der Waals surface area (Å²) in [6.07, 6.45) is 6.65. The van der Waals surface area contributed by atoms with Gasteiger partial charge >= 0.3 is 46.7 Å². The van der Waals surface area contributed by atoms with Crippen molar-refractivity contribution in [2.24, 2.45) is 0 Å². The van der Waals surface area contributed by atoms with Crippen molar-refractivity contribution in [3.63, 3.8) is 0 Å². The van der Waals surface area contributed by atoms with Crippen molar-refractivity contribution < 1.29 is 51.9 Å². The second-order valence-corrected chi connectivity index (χ2v) is 12.4. The Morgan fingerprint density at radius 1 is 1.12 bits per heavy atom. The summed E-state index contributed by atoms with van der Waals surface area (Å²) < 4.78 is 40.2. The zero-order valence-electron chi connectivity index (χ0n) is 23.2. The Kier molecular flexibility index (Phi) is 7.90. The van der Waals surface area contributed by atoms with Crippen molar-refractivity contribution in [1.82, 2.24) is 4.98 Å². The van der Waals surface area contributed by atoms with Crippen LogP contribution in [0.3, 0.4) is 0 Å². The third-order valence-electron chi connectivity index (χ3n) is 7.91. The topological polar surface area (TPSA) is 138 Å². The molecule has 0 unspecified atom stereocenters. The van der Waals surface area contributed by atoms with E-state index in [1.165, 1.54) is 0 Å². The molecule has 6 rings (SSSR count). The van der Waals surface area contributed by atoms with Crippen LogP contribution in [0, 0.1) is 0 Å². The monoisotopic (exact) mass is 582 g/mol. The van der Waals surface area contributed by atoms with Crippen molar-refractivity contribution in [3.8, 4) is 11.5 Å². The zero-order chi connectivity index (χ0) is 28.2. The number of benzene rings is 2. The van der Waals surface area contributed by atoms with E-state index in [9.17, 15) is 22.6 Å². The number of H-pyrrole nitrogens is 2. The molecule has 9 nitrogen and oxygen atoms in total. The number of fused-ring (bicyclic) bond motifs is 5.